The van der Waals surface area contributed by atoms with Crippen LogP contribution in [-0.2, 0) is 14.2 Å². The van der Waals surface area contributed by atoms with Crippen molar-refractivity contribution in [3.63, 3.8) is 0 Å². The minimum atomic E-state index is -0.585. The number of hydrogen-bond acceptors (Lipinski definition) is 4. The molecule has 0 aromatic carbocycles. The van der Waals surface area contributed by atoms with Gasteiger partial charge in [0.2, 0.25) is 0 Å². The van der Waals surface area contributed by atoms with Crippen LogP contribution in [0.4, 0.5) is 0 Å². The fourth-order valence-electron chi connectivity index (χ4n) is 3.41. The molecule has 4 nitrogen and oxygen atoms in total. The molecule has 4 heteroatoms. The molecular formula is C21H42O4. The van der Waals surface area contributed by atoms with Gasteiger partial charge in [0.1, 0.15) is 18.3 Å². The van der Waals surface area contributed by atoms with Crippen LogP contribution in [0.25, 0.3) is 0 Å². The van der Waals surface area contributed by atoms with Gasteiger partial charge in [-0.05, 0) is 24.7 Å². The van der Waals surface area contributed by atoms with Crippen LogP contribution in [0.3, 0.4) is 0 Å². The number of unbranched alkanes of at least 4 members (excludes halogenated alkanes) is 2. The molecule has 25 heavy (non-hydrogen) atoms. The summed E-state index contributed by atoms with van der Waals surface area (Å²) in [7, 11) is 0. The van der Waals surface area contributed by atoms with Gasteiger partial charge in [0.15, 0.2) is 0 Å². The van der Waals surface area contributed by atoms with Gasteiger partial charge in [-0.1, -0.05) is 66.2 Å². The monoisotopic (exact) mass is 358 g/mol. The van der Waals surface area contributed by atoms with E-state index in [9.17, 15) is 5.11 Å². The van der Waals surface area contributed by atoms with E-state index < -0.39 is 6.10 Å². The Morgan fingerprint density at radius 2 is 1.44 bits per heavy atom. The Bertz CT molecular complexity index is 310. The lowest BCUT2D eigenvalue weighted by atomic mass is 9.99. The molecule has 1 rings (SSSR count). The molecule has 1 aliphatic heterocycles. The minimum absolute atomic E-state index is 0.150. The summed E-state index contributed by atoms with van der Waals surface area (Å²) in [5, 5.41) is 10.3. The van der Waals surface area contributed by atoms with Crippen molar-refractivity contribution >= 4 is 0 Å². The third-order valence-corrected chi connectivity index (χ3v) is 5.47. The van der Waals surface area contributed by atoms with Gasteiger partial charge in [-0.25, -0.2) is 0 Å². The summed E-state index contributed by atoms with van der Waals surface area (Å²) >= 11 is 0. The van der Waals surface area contributed by atoms with E-state index in [0.717, 1.165) is 19.4 Å². The maximum atomic E-state index is 10.3. The second-order valence-electron chi connectivity index (χ2n) is 7.61. The highest BCUT2D eigenvalue weighted by molar-refractivity contribution is 4.83. The second-order valence-corrected chi connectivity index (χ2v) is 7.61. The first kappa shape index (κ1) is 22.9. The SMILES string of the molecule is CCCCC(CC)CO[C@@H]1[C@H](O)COC[C@H]1OCC(CC)CCCC. The molecule has 0 aliphatic carbocycles. The largest absolute Gasteiger partial charge is 0.388 e. The standard InChI is InChI=1S/C21H42O4/c1-5-9-11-17(7-3)13-24-20-16-23-15-19(22)21(20)25-14-18(8-4)12-10-6-2/h17-22H,5-16H2,1-4H3/t17?,18?,19-,20-,21-/m1/s1. The highest BCUT2D eigenvalue weighted by Gasteiger charge is 2.35. The van der Waals surface area contributed by atoms with E-state index in [0.29, 0.717) is 31.7 Å². The van der Waals surface area contributed by atoms with Gasteiger partial charge in [-0.15, -0.1) is 0 Å². The molecule has 1 N–H and O–H groups in total. The molecule has 0 radical (unpaired) electrons. The van der Waals surface area contributed by atoms with Crippen molar-refractivity contribution in [3.05, 3.63) is 0 Å². The van der Waals surface area contributed by atoms with Crippen LogP contribution in [0.5, 0.6) is 0 Å². The molecule has 0 saturated carbocycles. The average Bonchev–Trinajstić information content (AvgIpc) is 2.63. The first-order valence-corrected chi connectivity index (χ1v) is 10.6. The zero-order chi connectivity index (χ0) is 18.5. The number of aliphatic hydroxyl groups excluding tert-OH is 1. The molecule has 1 fully saturated rings. The molecule has 5 atom stereocenters. The molecule has 0 aromatic heterocycles. The Hall–Kier alpha value is -0.160. The lowest BCUT2D eigenvalue weighted by molar-refractivity contribution is -0.196. The van der Waals surface area contributed by atoms with Gasteiger partial charge in [0.05, 0.1) is 26.4 Å². The van der Waals surface area contributed by atoms with Crippen molar-refractivity contribution in [1.29, 1.82) is 0 Å². The summed E-state index contributed by atoms with van der Waals surface area (Å²) in [6, 6.07) is 0. The molecule has 0 spiro atoms. The maximum Gasteiger partial charge on any atom is 0.114 e. The van der Waals surface area contributed by atoms with Gasteiger partial charge in [-0.2, -0.15) is 0 Å². The predicted molar refractivity (Wildman–Crippen MR) is 103 cm³/mol. The number of ether oxygens (including phenoxy) is 3. The first-order valence-electron chi connectivity index (χ1n) is 10.6. The van der Waals surface area contributed by atoms with Crippen LogP contribution in [-0.4, -0.2) is 49.8 Å². The van der Waals surface area contributed by atoms with Crippen molar-refractivity contribution < 1.29 is 19.3 Å². The van der Waals surface area contributed by atoms with Crippen molar-refractivity contribution in [2.24, 2.45) is 11.8 Å². The molecule has 150 valence electrons. The van der Waals surface area contributed by atoms with Crippen molar-refractivity contribution in [2.75, 3.05) is 26.4 Å². The molecule has 0 bridgehead atoms. The minimum Gasteiger partial charge on any atom is -0.388 e. The second kappa shape index (κ2) is 14.0. The zero-order valence-corrected chi connectivity index (χ0v) is 17.0. The van der Waals surface area contributed by atoms with E-state index in [-0.39, 0.29) is 12.2 Å². The van der Waals surface area contributed by atoms with E-state index in [4.69, 9.17) is 14.2 Å². The summed E-state index contributed by atoms with van der Waals surface area (Å²) in [4.78, 5) is 0. The normalized spacial score (nSPS) is 26.5. The molecule has 2 unspecified atom stereocenters. The average molecular weight is 359 g/mol. The van der Waals surface area contributed by atoms with Gasteiger partial charge < -0.3 is 19.3 Å². The van der Waals surface area contributed by atoms with Crippen molar-refractivity contribution in [1.82, 2.24) is 0 Å². The maximum absolute atomic E-state index is 10.3. The predicted octanol–water partition coefficient (Wildman–Crippen LogP) is 4.58. The summed E-state index contributed by atoms with van der Waals surface area (Å²) < 4.78 is 17.8. The molecule has 1 aliphatic rings. The Balaban J connectivity index is 2.48. The fraction of sp³-hybridized carbons (Fsp3) is 1.00. The van der Waals surface area contributed by atoms with Crippen molar-refractivity contribution in [3.8, 4) is 0 Å². The van der Waals surface area contributed by atoms with Crippen LogP contribution in [0.1, 0.15) is 79.1 Å². The summed E-state index contributed by atoms with van der Waals surface area (Å²) in [6.07, 6.45) is 8.62. The van der Waals surface area contributed by atoms with E-state index in [2.05, 4.69) is 27.7 Å². The molecular weight excluding hydrogens is 316 g/mol. The van der Waals surface area contributed by atoms with Gasteiger partial charge in [0, 0.05) is 0 Å². The van der Waals surface area contributed by atoms with Crippen LogP contribution >= 0.6 is 0 Å². The zero-order valence-electron chi connectivity index (χ0n) is 17.0. The molecule has 0 aromatic rings. The molecule has 0 amide bonds. The smallest absolute Gasteiger partial charge is 0.114 e. The third-order valence-electron chi connectivity index (χ3n) is 5.47. The summed E-state index contributed by atoms with van der Waals surface area (Å²) in [5.74, 6) is 1.16. The van der Waals surface area contributed by atoms with Crippen LogP contribution < -0.4 is 0 Å². The van der Waals surface area contributed by atoms with E-state index in [1.807, 2.05) is 0 Å². The van der Waals surface area contributed by atoms with Crippen molar-refractivity contribution in [2.45, 2.75) is 97.4 Å². The topological polar surface area (TPSA) is 47.9 Å². The van der Waals surface area contributed by atoms with Crippen LogP contribution in [0, 0.1) is 11.8 Å². The fourth-order valence-corrected chi connectivity index (χ4v) is 3.41. The quantitative estimate of drug-likeness (QED) is 0.494. The van der Waals surface area contributed by atoms with E-state index >= 15 is 0 Å². The van der Waals surface area contributed by atoms with E-state index in [1.165, 1.54) is 38.5 Å². The van der Waals surface area contributed by atoms with Gasteiger partial charge >= 0.3 is 0 Å². The molecule has 1 saturated heterocycles. The van der Waals surface area contributed by atoms with Crippen LogP contribution in [0.2, 0.25) is 0 Å². The van der Waals surface area contributed by atoms with Crippen LogP contribution in [0.15, 0.2) is 0 Å². The first-order chi connectivity index (χ1) is 12.2. The highest BCUT2D eigenvalue weighted by atomic mass is 16.6. The summed E-state index contributed by atoms with van der Waals surface area (Å²) in [5.41, 5.74) is 0. The Morgan fingerprint density at radius 1 is 0.880 bits per heavy atom. The highest BCUT2D eigenvalue weighted by Crippen LogP contribution is 2.22. The third kappa shape index (κ3) is 8.85. The van der Waals surface area contributed by atoms with Gasteiger partial charge in [0.25, 0.3) is 0 Å². The Morgan fingerprint density at radius 3 is 1.96 bits per heavy atom. The Kier molecular flexibility index (Phi) is 12.8. The summed E-state index contributed by atoms with van der Waals surface area (Å²) in [6.45, 7) is 11.2. The number of hydrogen-bond donors (Lipinski definition) is 1. The Labute approximate surface area is 155 Å². The van der Waals surface area contributed by atoms with Gasteiger partial charge in [-0.3, -0.25) is 0 Å². The lowest BCUT2D eigenvalue weighted by Crippen LogP contribution is -2.51. The van der Waals surface area contributed by atoms with E-state index in [1.54, 1.807) is 0 Å². The number of aliphatic hydroxyl groups is 1. The lowest BCUT2D eigenvalue weighted by Gasteiger charge is -2.36. The number of rotatable bonds is 14. The molecule has 1 heterocycles.